The molecule has 11 heteroatoms. The van der Waals surface area contributed by atoms with Crippen LogP contribution in [0.5, 0.6) is 0 Å². The summed E-state index contributed by atoms with van der Waals surface area (Å²) in [7, 11) is 0. The van der Waals surface area contributed by atoms with Crippen molar-refractivity contribution in [2.75, 3.05) is 52.6 Å². The van der Waals surface area contributed by atoms with Gasteiger partial charge in [-0.1, -0.05) is 12.1 Å². The number of ether oxygens (including phenoxy) is 3. The first-order valence-corrected chi connectivity index (χ1v) is 12.9. The Labute approximate surface area is 221 Å². The molecular weight excluding hydrogens is 497 g/mol. The van der Waals surface area contributed by atoms with Crippen LogP contribution >= 0.6 is 0 Å². The second kappa shape index (κ2) is 13.5. The lowest BCUT2D eigenvalue weighted by atomic mass is 10.0. The summed E-state index contributed by atoms with van der Waals surface area (Å²) in [6, 6.07) is 7.25. The summed E-state index contributed by atoms with van der Waals surface area (Å²) in [6.07, 6.45) is 1.58. The summed E-state index contributed by atoms with van der Waals surface area (Å²) in [5.74, 6) is -1.80. The number of benzene rings is 1. The number of carbonyl (C=O) groups is 3. The molecule has 1 aromatic heterocycles. The molecule has 38 heavy (non-hydrogen) atoms. The molecule has 2 aliphatic rings. The molecule has 10 nitrogen and oxygen atoms in total. The van der Waals surface area contributed by atoms with Crippen molar-refractivity contribution >= 4 is 17.8 Å². The van der Waals surface area contributed by atoms with E-state index in [-0.39, 0.29) is 25.0 Å². The van der Waals surface area contributed by atoms with E-state index in [0.717, 1.165) is 30.8 Å². The van der Waals surface area contributed by atoms with Crippen molar-refractivity contribution < 1.29 is 37.4 Å². The average Bonchev–Trinajstić information content (AvgIpc) is 3.61. The van der Waals surface area contributed by atoms with E-state index >= 15 is 0 Å². The molecule has 0 unspecified atom stereocenters. The van der Waals surface area contributed by atoms with Gasteiger partial charge in [-0.05, 0) is 49.6 Å². The topological polar surface area (TPSA) is 111 Å². The lowest BCUT2D eigenvalue weighted by Gasteiger charge is -2.30. The second-order valence-corrected chi connectivity index (χ2v) is 9.23. The van der Waals surface area contributed by atoms with Gasteiger partial charge in [-0.15, -0.1) is 0 Å². The molecule has 2 atom stereocenters. The molecule has 1 N–H and O–H groups in total. The van der Waals surface area contributed by atoms with Crippen LogP contribution in [0.15, 0.2) is 40.8 Å². The second-order valence-electron chi connectivity index (χ2n) is 9.23. The van der Waals surface area contributed by atoms with Crippen molar-refractivity contribution in [2.24, 2.45) is 0 Å². The minimum atomic E-state index is -1.23. The van der Waals surface area contributed by atoms with E-state index in [2.05, 4.69) is 10.2 Å². The minimum absolute atomic E-state index is 0.0170. The Morgan fingerprint density at radius 1 is 1.13 bits per heavy atom. The number of morpholine rings is 1. The SMILES string of the molecule is CCOC(=O)CN(C(=O)c1ccc(CN2CCOCC2)o1)[C@H](C(=O)NC[C@@H]1CCCO1)c1ccc(F)cc1. The first-order valence-electron chi connectivity index (χ1n) is 12.9. The Kier molecular flexibility index (Phi) is 9.85. The molecule has 0 spiro atoms. The molecule has 2 amide bonds. The molecule has 2 aromatic rings. The summed E-state index contributed by atoms with van der Waals surface area (Å²) in [5, 5.41) is 2.84. The molecule has 1 aromatic carbocycles. The van der Waals surface area contributed by atoms with Crippen LogP contribution in [0.4, 0.5) is 4.39 Å². The number of nitrogens with one attached hydrogen (secondary N) is 1. The van der Waals surface area contributed by atoms with E-state index < -0.39 is 36.2 Å². The number of furan rings is 1. The number of halogens is 1. The van der Waals surface area contributed by atoms with Gasteiger partial charge < -0.3 is 28.8 Å². The molecule has 2 fully saturated rings. The van der Waals surface area contributed by atoms with E-state index in [1.165, 1.54) is 30.3 Å². The van der Waals surface area contributed by atoms with Crippen molar-refractivity contribution in [3.05, 3.63) is 59.3 Å². The van der Waals surface area contributed by atoms with Gasteiger partial charge in [-0.3, -0.25) is 19.3 Å². The smallest absolute Gasteiger partial charge is 0.325 e. The molecule has 0 radical (unpaired) electrons. The minimum Gasteiger partial charge on any atom is -0.465 e. The number of amides is 2. The molecular formula is C27H34FN3O7. The van der Waals surface area contributed by atoms with Gasteiger partial charge >= 0.3 is 5.97 Å². The quantitative estimate of drug-likeness (QED) is 0.440. The van der Waals surface area contributed by atoms with Crippen LogP contribution in [-0.2, 0) is 30.3 Å². The van der Waals surface area contributed by atoms with Crippen LogP contribution in [0.2, 0.25) is 0 Å². The number of hydrogen-bond acceptors (Lipinski definition) is 8. The van der Waals surface area contributed by atoms with Crippen molar-refractivity contribution in [2.45, 2.75) is 38.5 Å². The van der Waals surface area contributed by atoms with Crippen LogP contribution < -0.4 is 5.32 Å². The third-order valence-electron chi connectivity index (χ3n) is 6.49. The highest BCUT2D eigenvalue weighted by Gasteiger charge is 2.36. The highest BCUT2D eigenvalue weighted by Crippen LogP contribution is 2.25. The fourth-order valence-electron chi connectivity index (χ4n) is 4.56. The molecule has 0 saturated carbocycles. The maximum atomic E-state index is 13.7. The Bertz CT molecular complexity index is 1080. The van der Waals surface area contributed by atoms with Crippen LogP contribution in [0.1, 0.15) is 47.7 Å². The predicted octanol–water partition coefficient (Wildman–Crippen LogP) is 2.29. The van der Waals surface area contributed by atoms with Gasteiger partial charge in [0.25, 0.3) is 5.91 Å². The molecule has 206 valence electrons. The van der Waals surface area contributed by atoms with Crippen molar-refractivity contribution in [1.82, 2.24) is 15.1 Å². The van der Waals surface area contributed by atoms with Crippen LogP contribution in [0, 0.1) is 5.82 Å². The molecule has 2 aliphatic heterocycles. The van der Waals surface area contributed by atoms with Gasteiger partial charge in [0.1, 0.15) is 24.2 Å². The third kappa shape index (κ3) is 7.40. The van der Waals surface area contributed by atoms with Gasteiger partial charge in [0, 0.05) is 26.2 Å². The van der Waals surface area contributed by atoms with Gasteiger partial charge in [0.2, 0.25) is 5.91 Å². The summed E-state index contributed by atoms with van der Waals surface area (Å²) < 4.78 is 35.7. The van der Waals surface area contributed by atoms with Crippen molar-refractivity contribution in [3.63, 3.8) is 0 Å². The Morgan fingerprint density at radius 3 is 2.58 bits per heavy atom. The highest BCUT2D eigenvalue weighted by molar-refractivity contribution is 5.98. The number of hydrogen-bond donors (Lipinski definition) is 1. The zero-order chi connectivity index (χ0) is 26.9. The summed E-state index contributed by atoms with van der Waals surface area (Å²) >= 11 is 0. The lowest BCUT2D eigenvalue weighted by Crippen LogP contribution is -2.47. The number of carbonyl (C=O) groups excluding carboxylic acids is 3. The van der Waals surface area contributed by atoms with E-state index in [4.69, 9.17) is 18.6 Å². The standard InChI is InChI=1S/C27H34FN3O7/c1-2-36-24(32)18-31(27(34)23-10-9-22(38-23)17-30-11-14-35-15-12-30)25(19-5-7-20(28)8-6-19)26(33)29-16-21-4-3-13-37-21/h5-10,21,25H,2-4,11-18H2,1H3,(H,29,33)/t21-,25-/m0/s1. The van der Waals surface area contributed by atoms with E-state index in [0.29, 0.717) is 37.7 Å². The monoisotopic (exact) mass is 531 g/mol. The maximum Gasteiger partial charge on any atom is 0.325 e. The third-order valence-corrected chi connectivity index (χ3v) is 6.49. The Morgan fingerprint density at radius 2 is 1.89 bits per heavy atom. The predicted molar refractivity (Wildman–Crippen MR) is 134 cm³/mol. The first-order chi connectivity index (χ1) is 18.4. The van der Waals surface area contributed by atoms with E-state index in [9.17, 15) is 18.8 Å². The van der Waals surface area contributed by atoms with Crippen LogP contribution in [0.3, 0.4) is 0 Å². The zero-order valence-electron chi connectivity index (χ0n) is 21.5. The molecule has 2 saturated heterocycles. The Hall–Kier alpha value is -3.28. The molecule has 0 aliphatic carbocycles. The molecule has 0 bridgehead atoms. The molecule has 4 rings (SSSR count). The fraction of sp³-hybridized carbons (Fsp3) is 0.519. The normalized spacial score (nSPS) is 18.6. The Balaban J connectivity index is 1.60. The maximum absolute atomic E-state index is 13.7. The van der Waals surface area contributed by atoms with E-state index in [1.807, 2.05) is 0 Å². The highest BCUT2D eigenvalue weighted by atomic mass is 19.1. The zero-order valence-corrected chi connectivity index (χ0v) is 21.5. The average molecular weight is 532 g/mol. The largest absolute Gasteiger partial charge is 0.465 e. The van der Waals surface area contributed by atoms with Gasteiger partial charge in [-0.2, -0.15) is 0 Å². The van der Waals surface area contributed by atoms with Gasteiger partial charge in [0.05, 0.1) is 32.5 Å². The first kappa shape index (κ1) is 27.7. The molecule has 3 heterocycles. The number of nitrogens with zero attached hydrogens (tertiary/aromatic N) is 2. The number of rotatable bonds is 11. The van der Waals surface area contributed by atoms with E-state index in [1.54, 1.807) is 13.0 Å². The summed E-state index contributed by atoms with van der Waals surface area (Å²) in [4.78, 5) is 43.1. The van der Waals surface area contributed by atoms with Crippen molar-refractivity contribution in [3.8, 4) is 0 Å². The van der Waals surface area contributed by atoms with Gasteiger partial charge in [-0.25, -0.2) is 4.39 Å². The van der Waals surface area contributed by atoms with Gasteiger partial charge in [0.15, 0.2) is 5.76 Å². The fourth-order valence-corrected chi connectivity index (χ4v) is 4.56. The lowest BCUT2D eigenvalue weighted by molar-refractivity contribution is -0.145. The van der Waals surface area contributed by atoms with Crippen LogP contribution in [0.25, 0.3) is 0 Å². The summed E-state index contributed by atoms with van der Waals surface area (Å²) in [5.41, 5.74) is 0.342. The summed E-state index contributed by atoms with van der Waals surface area (Å²) in [6.45, 7) is 5.38. The van der Waals surface area contributed by atoms with Crippen molar-refractivity contribution in [1.29, 1.82) is 0 Å². The van der Waals surface area contributed by atoms with Crippen LogP contribution in [-0.4, -0.2) is 86.3 Å². The number of esters is 1.